The first-order chi connectivity index (χ1) is 8.06. The van der Waals surface area contributed by atoms with Crippen molar-refractivity contribution in [1.29, 1.82) is 0 Å². The van der Waals surface area contributed by atoms with E-state index in [0.717, 1.165) is 4.47 Å². The summed E-state index contributed by atoms with van der Waals surface area (Å²) in [7, 11) is 0. The molecule has 1 aromatic carbocycles. The molecule has 0 saturated carbocycles. The fraction of sp³-hybridized carbons (Fsp3) is 0.0833. The first-order valence-electron chi connectivity index (χ1n) is 5.00. The van der Waals surface area contributed by atoms with E-state index in [1.807, 2.05) is 0 Å². The van der Waals surface area contributed by atoms with Gasteiger partial charge in [0.25, 0.3) is 0 Å². The highest BCUT2D eigenvalue weighted by Crippen LogP contribution is 2.25. The number of nitrogen functional groups attached to an aromatic ring is 1. The lowest BCUT2D eigenvalue weighted by Gasteiger charge is -2.08. The van der Waals surface area contributed by atoms with Crippen molar-refractivity contribution < 1.29 is 4.39 Å². The SMILES string of the molecule is Cc1ccc(Nc2ncc(N)cc2Br)cc1F. The zero-order chi connectivity index (χ0) is 12.4. The number of nitrogens with zero attached hydrogens (tertiary/aromatic N) is 1. The molecule has 0 aliphatic rings. The smallest absolute Gasteiger partial charge is 0.144 e. The number of rotatable bonds is 2. The molecule has 2 rings (SSSR count). The van der Waals surface area contributed by atoms with Crippen LogP contribution in [0, 0.1) is 12.7 Å². The number of halogens is 2. The minimum absolute atomic E-state index is 0.249. The maximum absolute atomic E-state index is 13.4. The molecular formula is C12H11BrFN3. The number of benzene rings is 1. The summed E-state index contributed by atoms with van der Waals surface area (Å²) in [5, 5.41) is 3.01. The van der Waals surface area contributed by atoms with Gasteiger partial charge in [0, 0.05) is 5.69 Å². The molecule has 5 heteroatoms. The van der Waals surface area contributed by atoms with Crippen molar-refractivity contribution in [3.05, 3.63) is 46.3 Å². The third-order valence-corrected chi connectivity index (χ3v) is 2.90. The standard InChI is InChI=1S/C12H11BrFN3/c1-7-2-3-9(5-11(7)14)17-12-10(13)4-8(15)6-16-12/h2-6H,15H2,1H3,(H,16,17). The third-order valence-electron chi connectivity index (χ3n) is 2.30. The summed E-state index contributed by atoms with van der Waals surface area (Å²) in [4.78, 5) is 4.12. The summed E-state index contributed by atoms with van der Waals surface area (Å²) in [6, 6.07) is 6.67. The van der Waals surface area contributed by atoms with Gasteiger partial charge in [-0.3, -0.25) is 0 Å². The zero-order valence-corrected chi connectivity index (χ0v) is 10.8. The number of anilines is 3. The van der Waals surface area contributed by atoms with Crippen molar-refractivity contribution in [2.75, 3.05) is 11.1 Å². The fourth-order valence-electron chi connectivity index (χ4n) is 1.35. The molecule has 0 atom stereocenters. The molecule has 1 heterocycles. The second-order valence-electron chi connectivity index (χ2n) is 3.69. The Kier molecular flexibility index (Phi) is 3.28. The topological polar surface area (TPSA) is 50.9 Å². The van der Waals surface area contributed by atoms with Crippen molar-refractivity contribution in [2.24, 2.45) is 0 Å². The Balaban J connectivity index is 2.28. The molecule has 1 aromatic heterocycles. The molecule has 0 unspecified atom stereocenters. The summed E-state index contributed by atoms with van der Waals surface area (Å²) in [5.41, 5.74) is 7.41. The monoisotopic (exact) mass is 295 g/mol. The molecule has 0 fully saturated rings. The van der Waals surface area contributed by atoms with Crippen LogP contribution in [0.1, 0.15) is 5.56 Å². The van der Waals surface area contributed by atoms with Crippen LogP contribution in [-0.2, 0) is 0 Å². The Hall–Kier alpha value is -1.62. The maximum Gasteiger partial charge on any atom is 0.144 e. The van der Waals surface area contributed by atoms with Gasteiger partial charge < -0.3 is 11.1 Å². The lowest BCUT2D eigenvalue weighted by molar-refractivity contribution is 0.619. The molecule has 0 bridgehead atoms. The van der Waals surface area contributed by atoms with E-state index in [1.54, 1.807) is 25.1 Å². The van der Waals surface area contributed by atoms with E-state index in [0.29, 0.717) is 22.8 Å². The van der Waals surface area contributed by atoms with E-state index >= 15 is 0 Å². The van der Waals surface area contributed by atoms with Gasteiger partial charge in [-0.2, -0.15) is 0 Å². The minimum Gasteiger partial charge on any atom is -0.397 e. The molecule has 3 nitrogen and oxygen atoms in total. The van der Waals surface area contributed by atoms with Gasteiger partial charge >= 0.3 is 0 Å². The molecule has 17 heavy (non-hydrogen) atoms. The Morgan fingerprint density at radius 2 is 2.12 bits per heavy atom. The lowest BCUT2D eigenvalue weighted by Crippen LogP contribution is -1.97. The Morgan fingerprint density at radius 1 is 1.35 bits per heavy atom. The Morgan fingerprint density at radius 3 is 2.76 bits per heavy atom. The predicted molar refractivity (Wildman–Crippen MR) is 70.8 cm³/mol. The first-order valence-corrected chi connectivity index (χ1v) is 5.80. The van der Waals surface area contributed by atoms with E-state index in [9.17, 15) is 4.39 Å². The third kappa shape index (κ3) is 2.74. The second kappa shape index (κ2) is 4.71. The molecule has 0 amide bonds. The van der Waals surface area contributed by atoms with Gasteiger partial charge in [0.1, 0.15) is 11.6 Å². The van der Waals surface area contributed by atoms with Gasteiger partial charge in [-0.25, -0.2) is 9.37 Å². The predicted octanol–water partition coefficient (Wildman–Crippen LogP) is 3.62. The molecule has 0 saturated heterocycles. The average molecular weight is 296 g/mol. The number of hydrogen-bond donors (Lipinski definition) is 2. The van der Waals surface area contributed by atoms with Crippen molar-refractivity contribution in [1.82, 2.24) is 4.98 Å². The van der Waals surface area contributed by atoms with Gasteiger partial charge in [-0.1, -0.05) is 6.07 Å². The van der Waals surface area contributed by atoms with Gasteiger partial charge in [0.05, 0.1) is 16.4 Å². The van der Waals surface area contributed by atoms with E-state index in [-0.39, 0.29) is 5.82 Å². The van der Waals surface area contributed by atoms with Crippen LogP contribution < -0.4 is 11.1 Å². The first kappa shape index (κ1) is 11.9. The highest BCUT2D eigenvalue weighted by atomic mass is 79.9. The van der Waals surface area contributed by atoms with Crippen LogP contribution in [0.25, 0.3) is 0 Å². The number of hydrogen-bond acceptors (Lipinski definition) is 3. The summed E-state index contributed by atoms with van der Waals surface area (Å²) in [5.74, 6) is 0.351. The largest absolute Gasteiger partial charge is 0.397 e. The van der Waals surface area contributed by atoms with E-state index in [1.165, 1.54) is 12.3 Å². The number of aromatic nitrogens is 1. The summed E-state index contributed by atoms with van der Waals surface area (Å²) < 4.78 is 14.1. The average Bonchev–Trinajstić information content (AvgIpc) is 2.27. The molecule has 3 N–H and O–H groups in total. The lowest BCUT2D eigenvalue weighted by atomic mass is 10.2. The molecule has 2 aromatic rings. The Labute approximate surface area is 107 Å². The van der Waals surface area contributed by atoms with Crippen molar-refractivity contribution in [3.63, 3.8) is 0 Å². The van der Waals surface area contributed by atoms with Crippen molar-refractivity contribution >= 4 is 33.1 Å². The summed E-state index contributed by atoms with van der Waals surface area (Å²) in [6.45, 7) is 1.72. The second-order valence-corrected chi connectivity index (χ2v) is 4.54. The molecular weight excluding hydrogens is 285 g/mol. The van der Waals surface area contributed by atoms with Crippen LogP contribution in [0.15, 0.2) is 34.9 Å². The molecule has 0 aliphatic carbocycles. The van der Waals surface area contributed by atoms with Crippen LogP contribution in [0.2, 0.25) is 0 Å². The number of nitrogens with two attached hydrogens (primary N) is 1. The van der Waals surface area contributed by atoms with E-state index in [2.05, 4.69) is 26.2 Å². The Bertz CT molecular complexity index is 557. The fourth-order valence-corrected chi connectivity index (χ4v) is 1.82. The molecule has 0 radical (unpaired) electrons. The quantitative estimate of drug-likeness (QED) is 0.890. The van der Waals surface area contributed by atoms with Crippen LogP contribution in [0.5, 0.6) is 0 Å². The van der Waals surface area contributed by atoms with E-state index < -0.39 is 0 Å². The number of nitrogens with one attached hydrogen (secondary N) is 1. The van der Waals surface area contributed by atoms with Crippen LogP contribution >= 0.6 is 15.9 Å². The van der Waals surface area contributed by atoms with Crippen LogP contribution in [0.4, 0.5) is 21.6 Å². The van der Waals surface area contributed by atoms with Crippen molar-refractivity contribution in [3.8, 4) is 0 Å². The van der Waals surface area contributed by atoms with Gasteiger partial charge in [-0.05, 0) is 46.6 Å². The molecule has 0 spiro atoms. The summed E-state index contributed by atoms with van der Waals surface area (Å²) >= 11 is 3.34. The van der Waals surface area contributed by atoms with Gasteiger partial charge in [0.2, 0.25) is 0 Å². The molecule has 88 valence electrons. The number of pyridine rings is 1. The van der Waals surface area contributed by atoms with Crippen molar-refractivity contribution in [2.45, 2.75) is 6.92 Å². The highest BCUT2D eigenvalue weighted by Gasteiger charge is 2.04. The van der Waals surface area contributed by atoms with E-state index in [4.69, 9.17) is 5.73 Å². The van der Waals surface area contributed by atoms with Crippen LogP contribution in [-0.4, -0.2) is 4.98 Å². The normalized spacial score (nSPS) is 10.3. The van der Waals surface area contributed by atoms with Crippen LogP contribution in [0.3, 0.4) is 0 Å². The highest BCUT2D eigenvalue weighted by molar-refractivity contribution is 9.10. The number of aryl methyl sites for hydroxylation is 1. The summed E-state index contributed by atoms with van der Waals surface area (Å²) in [6.07, 6.45) is 1.54. The van der Waals surface area contributed by atoms with Gasteiger partial charge in [-0.15, -0.1) is 0 Å². The maximum atomic E-state index is 13.4. The zero-order valence-electron chi connectivity index (χ0n) is 9.17. The molecule has 0 aliphatic heterocycles. The van der Waals surface area contributed by atoms with Gasteiger partial charge in [0.15, 0.2) is 0 Å². The minimum atomic E-state index is -0.249.